The molecule has 3 aromatic heterocycles. The lowest BCUT2D eigenvalue weighted by molar-refractivity contribution is -0.137. The molecule has 1 saturated carbocycles. The molecule has 3 heterocycles. The SMILES string of the molecule is CC(Nc1ncc(N)c(-c2c[nH]c3ncc(C(F)(F)F)cc23)n1)C1CC(O)C1. The van der Waals surface area contributed by atoms with E-state index in [-0.39, 0.29) is 23.2 Å². The summed E-state index contributed by atoms with van der Waals surface area (Å²) in [5, 5.41) is 12.9. The minimum absolute atomic E-state index is 0.0429. The molecule has 5 N–H and O–H groups in total. The summed E-state index contributed by atoms with van der Waals surface area (Å²) in [6, 6.07) is 1.07. The van der Waals surface area contributed by atoms with E-state index >= 15 is 0 Å². The molecule has 7 nitrogen and oxygen atoms in total. The van der Waals surface area contributed by atoms with Crippen molar-refractivity contribution in [2.75, 3.05) is 11.1 Å². The van der Waals surface area contributed by atoms with Gasteiger partial charge in [-0.25, -0.2) is 15.0 Å². The highest BCUT2D eigenvalue weighted by Gasteiger charge is 2.33. The zero-order chi connectivity index (χ0) is 20.1. The highest BCUT2D eigenvalue weighted by molar-refractivity contribution is 5.95. The molecule has 28 heavy (non-hydrogen) atoms. The first-order valence-electron chi connectivity index (χ1n) is 8.84. The summed E-state index contributed by atoms with van der Waals surface area (Å²) in [7, 11) is 0. The molecule has 3 aromatic rings. The Morgan fingerprint density at radius 1 is 1.29 bits per heavy atom. The summed E-state index contributed by atoms with van der Waals surface area (Å²) in [6.07, 6.45) is 0.405. The number of hydrogen-bond donors (Lipinski definition) is 4. The van der Waals surface area contributed by atoms with Crippen LogP contribution in [0.15, 0.2) is 24.7 Å². The van der Waals surface area contributed by atoms with Crippen LogP contribution in [0.5, 0.6) is 0 Å². The number of halogens is 3. The number of aliphatic hydroxyl groups is 1. The summed E-state index contributed by atoms with van der Waals surface area (Å²) in [5.41, 5.74) is 6.46. The quantitative estimate of drug-likeness (QED) is 0.542. The van der Waals surface area contributed by atoms with Crippen LogP contribution < -0.4 is 11.1 Å². The number of anilines is 2. The minimum Gasteiger partial charge on any atom is -0.396 e. The van der Waals surface area contributed by atoms with Crippen LogP contribution in [-0.4, -0.2) is 37.2 Å². The van der Waals surface area contributed by atoms with Gasteiger partial charge >= 0.3 is 6.18 Å². The van der Waals surface area contributed by atoms with Crippen molar-refractivity contribution in [1.82, 2.24) is 19.9 Å². The largest absolute Gasteiger partial charge is 0.417 e. The van der Waals surface area contributed by atoms with Crippen molar-refractivity contribution in [3.8, 4) is 11.3 Å². The van der Waals surface area contributed by atoms with Gasteiger partial charge in [-0.05, 0) is 31.7 Å². The third-order valence-electron chi connectivity index (χ3n) is 5.14. The van der Waals surface area contributed by atoms with Crippen LogP contribution >= 0.6 is 0 Å². The van der Waals surface area contributed by atoms with Crippen molar-refractivity contribution in [2.24, 2.45) is 5.92 Å². The van der Waals surface area contributed by atoms with Crippen molar-refractivity contribution in [3.63, 3.8) is 0 Å². The van der Waals surface area contributed by atoms with E-state index in [0.717, 1.165) is 12.3 Å². The smallest absolute Gasteiger partial charge is 0.396 e. The van der Waals surface area contributed by atoms with Crippen LogP contribution in [0, 0.1) is 5.92 Å². The van der Waals surface area contributed by atoms with Crippen molar-refractivity contribution in [1.29, 1.82) is 0 Å². The molecule has 1 atom stereocenters. The Hall–Kier alpha value is -2.88. The van der Waals surface area contributed by atoms with Gasteiger partial charge < -0.3 is 21.1 Å². The number of aromatic nitrogens is 4. The Morgan fingerprint density at radius 2 is 2.04 bits per heavy atom. The first-order chi connectivity index (χ1) is 13.2. The second-order valence-electron chi connectivity index (χ2n) is 7.14. The minimum atomic E-state index is -4.50. The monoisotopic (exact) mass is 392 g/mol. The number of nitrogens with one attached hydrogen (secondary N) is 2. The third kappa shape index (κ3) is 3.35. The van der Waals surface area contributed by atoms with Gasteiger partial charge in [0.15, 0.2) is 0 Å². The predicted molar refractivity (Wildman–Crippen MR) is 98.3 cm³/mol. The lowest BCUT2D eigenvalue weighted by Gasteiger charge is -2.36. The summed E-state index contributed by atoms with van der Waals surface area (Å²) in [6.45, 7) is 1.97. The molecule has 1 aliphatic rings. The fourth-order valence-electron chi connectivity index (χ4n) is 3.39. The van der Waals surface area contributed by atoms with Gasteiger partial charge in [0.05, 0.1) is 23.6 Å². The van der Waals surface area contributed by atoms with E-state index in [2.05, 4.69) is 25.3 Å². The molecule has 1 unspecified atom stereocenters. The number of aromatic amines is 1. The zero-order valence-electron chi connectivity index (χ0n) is 15.0. The van der Waals surface area contributed by atoms with E-state index < -0.39 is 11.7 Å². The van der Waals surface area contributed by atoms with Gasteiger partial charge in [-0.3, -0.25) is 0 Å². The number of nitrogens with two attached hydrogens (primary N) is 1. The van der Waals surface area contributed by atoms with Crippen LogP contribution in [0.2, 0.25) is 0 Å². The fraction of sp³-hybridized carbons (Fsp3) is 0.389. The van der Waals surface area contributed by atoms with E-state index in [0.29, 0.717) is 41.6 Å². The Morgan fingerprint density at radius 3 is 2.71 bits per heavy atom. The lowest BCUT2D eigenvalue weighted by atomic mass is 9.78. The molecule has 4 rings (SSSR count). The Kier molecular flexibility index (Phi) is 4.37. The second-order valence-corrected chi connectivity index (χ2v) is 7.14. The summed E-state index contributed by atoms with van der Waals surface area (Å²) >= 11 is 0. The molecule has 1 aliphatic carbocycles. The molecular formula is C18H19F3N6O. The molecule has 0 bridgehead atoms. The standard InChI is InChI=1S/C18H19F3N6O/c1-8(9-2-11(28)3-9)26-17-25-7-14(22)15(27-17)13-6-24-16-12(13)4-10(5-23-16)18(19,20)21/h4-9,11,28H,2-3,22H2,1H3,(H,23,24)(H,25,26,27). The summed E-state index contributed by atoms with van der Waals surface area (Å²) in [5.74, 6) is 0.638. The van der Waals surface area contributed by atoms with Gasteiger partial charge in [0.2, 0.25) is 5.95 Å². The molecule has 0 saturated heterocycles. The highest BCUT2D eigenvalue weighted by Crippen LogP contribution is 2.36. The number of nitrogens with zero attached hydrogens (tertiary/aromatic N) is 3. The maximum absolute atomic E-state index is 13.1. The first-order valence-corrected chi connectivity index (χ1v) is 8.84. The molecule has 0 aliphatic heterocycles. The van der Waals surface area contributed by atoms with Crippen molar-refractivity contribution < 1.29 is 18.3 Å². The van der Waals surface area contributed by atoms with E-state index in [1.807, 2.05) is 6.92 Å². The van der Waals surface area contributed by atoms with Crippen LogP contribution in [0.25, 0.3) is 22.3 Å². The van der Waals surface area contributed by atoms with Gasteiger partial charge in [-0.1, -0.05) is 0 Å². The number of fused-ring (bicyclic) bond motifs is 1. The summed E-state index contributed by atoms with van der Waals surface area (Å²) in [4.78, 5) is 15.3. The van der Waals surface area contributed by atoms with Crippen LogP contribution in [-0.2, 0) is 6.18 Å². The molecular weight excluding hydrogens is 373 g/mol. The average molecular weight is 392 g/mol. The van der Waals surface area contributed by atoms with Crippen molar-refractivity contribution in [2.45, 2.75) is 38.1 Å². The number of rotatable bonds is 4. The Labute approximate surface area is 158 Å². The zero-order valence-corrected chi connectivity index (χ0v) is 15.0. The van der Waals surface area contributed by atoms with Crippen molar-refractivity contribution in [3.05, 3.63) is 30.2 Å². The predicted octanol–water partition coefficient (Wildman–Crippen LogP) is 3.19. The number of alkyl halides is 3. The summed E-state index contributed by atoms with van der Waals surface area (Å²) < 4.78 is 39.2. The van der Waals surface area contributed by atoms with Gasteiger partial charge in [0.25, 0.3) is 0 Å². The normalized spacial score (nSPS) is 20.8. The number of hydrogen-bond acceptors (Lipinski definition) is 6. The molecule has 0 radical (unpaired) electrons. The number of nitrogen functional groups attached to an aromatic ring is 1. The lowest BCUT2D eigenvalue weighted by Crippen LogP contribution is -2.39. The van der Waals surface area contributed by atoms with E-state index in [9.17, 15) is 18.3 Å². The third-order valence-corrected chi connectivity index (χ3v) is 5.14. The molecule has 0 aromatic carbocycles. The maximum atomic E-state index is 13.1. The second kappa shape index (κ2) is 6.62. The van der Waals surface area contributed by atoms with Gasteiger partial charge in [0, 0.05) is 29.4 Å². The first kappa shape index (κ1) is 18.5. The number of pyridine rings is 1. The van der Waals surface area contributed by atoms with E-state index in [1.165, 1.54) is 12.4 Å². The van der Waals surface area contributed by atoms with Crippen LogP contribution in [0.3, 0.4) is 0 Å². The van der Waals surface area contributed by atoms with Gasteiger partial charge in [-0.15, -0.1) is 0 Å². The molecule has 148 valence electrons. The molecule has 1 fully saturated rings. The van der Waals surface area contributed by atoms with Gasteiger partial charge in [-0.2, -0.15) is 13.2 Å². The fourth-order valence-corrected chi connectivity index (χ4v) is 3.39. The number of H-pyrrole nitrogens is 1. The Bertz CT molecular complexity index is 1010. The number of aliphatic hydroxyl groups excluding tert-OH is 1. The molecule has 0 amide bonds. The van der Waals surface area contributed by atoms with Crippen LogP contribution in [0.1, 0.15) is 25.3 Å². The topological polar surface area (TPSA) is 113 Å². The molecule has 0 spiro atoms. The molecule has 10 heteroatoms. The van der Waals surface area contributed by atoms with Crippen LogP contribution in [0.4, 0.5) is 24.8 Å². The van der Waals surface area contributed by atoms with E-state index in [4.69, 9.17) is 5.73 Å². The highest BCUT2D eigenvalue weighted by atomic mass is 19.4. The average Bonchev–Trinajstić information content (AvgIpc) is 3.03. The Balaban J connectivity index is 1.68. The maximum Gasteiger partial charge on any atom is 0.417 e. The van der Waals surface area contributed by atoms with Gasteiger partial charge in [0.1, 0.15) is 11.3 Å². The van der Waals surface area contributed by atoms with E-state index in [1.54, 1.807) is 0 Å². The van der Waals surface area contributed by atoms with Crippen molar-refractivity contribution >= 4 is 22.7 Å².